The minimum atomic E-state index is -0.0466. The van der Waals surface area contributed by atoms with Crippen molar-refractivity contribution in [2.24, 2.45) is 0 Å². The molecule has 0 radical (unpaired) electrons. The van der Waals surface area contributed by atoms with Crippen LogP contribution in [0.4, 0.5) is 11.5 Å². The van der Waals surface area contributed by atoms with Gasteiger partial charge in [0.1, 0.15) is 17.3 Å². The zero-order valence-electron chi connectivity index (χ0n) is 20.9. The van der Waals surface area contributed by atoms with E-state index in [1.165, 1.54) is 0 Å². The minimum absolute atomic E-state index is 0.0466. The van der Waals surface area contributed by atoms with Crippen LogP contribution in [0.2, 0.25) is 0 Å². The molecule has 1 unspecified atom stereocenters. The number of hydrogen-bond donors (Lipinski definition) is 2. The van der Waals surface area contributed by atoms with E-state index in [1.807, 2.05) is 37.3 Å². The van der Waals surface area contributed by atoms with Gasteiger partial charge in [-0.2, -0.15) is 0 Å². The SMILES string of the molecule is CCCC(=O)Nc1ccc(O)c(-c2cc(-c3cccc(OC)c3)cc(N3CCC(N(C)C)C3)n2)c1. The van der Waals surface area contributed by atoms with Crippen molar-refractivity contribution in [3.8, 4) is 33.9 Å². The Hall–Kier alpha value is -3.58. The number of amides is 1. The highest BCUT2D eigenvalue weighted by Crippen LogP contribution is 2.36. The molecule has 1 aliphatic rings. The van der Waals surface area contributed by atoms with Gasteiger partial charge in [0.15, 0.2) is 0 Å². The fourth-order valence-corrected chi connectivity index (χ4v) is 4.43. The Bertz CT molecular complexity index is 1190. The van der Waals surface area contributed by atoms with E-state index < -0.39 is 0 Å². The Morgan fingerprint density at radius 1 is 1.17 bits per heavy atom. The van der Waals surface area contributed by atoms with E-state index >= 15 is 0 Å². The Balaban J connectivity index is 1.78. The van der Waals surface area contributed by atoms with Crippen LogP contribution in [0.1, 0.15) is 26.2 Å². The second-order valence-electron chi connectivity index (χ2n) is 9.21. The molecule has 35 heavy (non-hydrogen) atoms. The van der Waals surface area contributed by atoms with E-state index in [2.05, 4.69) is 35.3 Å². The lowest BCUT2D eigenvalue weighted by Crippen LogP contribution is -2.31. The van der Waals surface area contributed by atoms with Crippen molar-refractivity contribution in [1.82, 2.24) is 9.88 Å². The van der Waals surface area contributed by atoms with E-state index in [0.717, 1.165) is 48.6 Å². The number of hydrogen-bond acceptors (Lipinski definition) is 6. The molecule has 0 aliphatic carbocycles. The molecule has 4 rings (SSSR count). The predicted molar refractivity (Wildman–Crippen MR) is 141 cm³/mol. The number of aromatic nitrogens is 1. The molecule has 1 fully saturated rings. The molecule has 2 N–H and O–H groups in total. The lowest BCUT2D eigenvalue weighted by Gasteiger charge is -2.22. The molecule has 2 heterocycles. The quantitative estimate of drug-likeness (QED) is 0.447. The summed E-state index contributed by atoms with van der Waals surface area (Å²) in [5, 5.41) is 13.7. The number of rotatable bonds is 8. The van der Waals surface area contributed by atoms with Gasteiger partial charge in [0, 0.05) is 36.8 Å². The summed E-state index contributed by atoms with van der Waals surface area (Å²) in [5.41, 5.74) is 3.85. The van der Waals surface area contributed by atoms with Crippen LogP contribution in [-0.4, -0.2) is 61.2 Å². The molecule has 1 amide bonds. The number of pyridine rings is 1. The molecule has 1 atom stereocenters. The minimum Gasteiger partial charge on any atom is -0.507 e. The third-order valence-corrected chi connectivity index (χ3v) is 6.47. The number of ether oxygens (including phenoxy) is 1. The normalized spacial score (nSPS) is 15.5. The van der Waals surface area contributed by atoms with Gasteiger partial charge in [-0.3, -0.25) is 4.79 Å². The first-order valence-electron chi connectivity index (χ1n) is 12.1. The van der Waals surface area contributed by atoms with Crippen LogP contribution in [0.15, 0.2) is 54.6 Å². The topological polar surface area (TPSA) is 77.9 Å². The standard InChI is InChI=1S/C28H34N4O3/c1-5-7-28(34)29-21-10-11-26(33)24(17-21)25-15-20(19-8-6-9-23(14-19)35-4)16-27(30-25)32-13-12-22(18-32)31(2)3/h6,8-11,14-17,22,33H,5,7,12-13,18H2,1-4H3,(H,29,34). The molecule has 1 saturated heterocycles. The number of likely N-dealkylation sites (N-methyl/N-ethyl adjacent to an activating group) is 1. The average Bonchev–Trinajstić information content (AvgIpc) is 3.36. The van der Waals surface area contributed by atoms with Gasteiger partial charge < -0.3 is 25.0 Å². The Kier molecular flexibility index (Phi) is 7.56. The van der Waals surface area contributed by atoms with Crippen LogP contribution in [0, 0.1) is 0 Å². The second-order valence-corrected chi connectivity index (χ2v) is 9.21. The molecule has 0 bridgehead atoms. The summed E-state index contributed by atoms with van der Waals surface area (Å²) in [7, 11) is 5.87. The summed E-state index contributed by atoms with van der Waals surface area (Å²) in [6.45, 7) is 3.77. The first-order valence-corrected chi connectivity index (χ1v) is 12.1. The summed E-state index contributed by atoms with van der Waals surface area (Å²) >= 11 is 0. The van der Waals surface area contributed by atoms with E-state index in [4.69, 9.17) is 9.72 Å². The van der Waals surface area contributed by atoms with Gasteiger partial charge in [0.25, 0.3) is 0 Å². The smallest absolute Gasteiger partial charge is 0.224 e. The predicted octanol–water partition coefficient (Wildman–Crippen LogP) is 5.01. The molecule has 1 aliphatic heterocycles. The first-order chi connectivity index (χ1) is 16.9. The van der Waals surface area contributed by atoms with Crippen LogP contribution >= 0.6 is 0 Å². The molecular formula is C28H34N4O3. The molecule has 3 aromatic rings. The lowest BCUT2D eigenvalue weighted by molar-refractivity contribution is -0.116. The highest BCUT2D eigenvalue weighted by Gasteiger charge is 2.26. The van der Waals surface area contributed by atoms with Gasteiger partial charge in [0.05, 0.1) is 12.8 Å². The monoisotopic (exact) mass is 474 g/mol. The molecule has 184 valence electrons. The molecular weight excluding hydrogens is 440 g/mol. The van der Waals surface area contributed by atoms with Gasteiger partial charge in [-0.15, -0.1) is 0 Å². The van der Waals surface area contributed by atoms with Gasteiger partial charge >= 0.3 is 0 Å². The molecule has 7 nitrogen and oxygen atoms in total. The fourth-order valence-electron chi connectivity index (χ4n) is 4.43. The lowest BCUT2D eigenvalue weighted by atomic mass is 10.0. The number of carbonyl (C=O) groups excluding carboxylic acids is 1. The highest BCUT2D eigenvalue weighted by atomic mass is 16.5. The Morgan fingerprint density at radius 3 is 2.71 bits per heavy atom. The number of methoxy groups -OCH3 is 1. The van der Waals surface area contributed by atoms with Gasteiger partial charge in [-0.05, 0) is 80.5 Å². The van der Waals surface area contributed by atoms with E-state index in [-0.39, 0.29) is 11.7 Å². The number of aromatic hydroxyl groups is 1. The molecule has 7 heteroatoms. The number of nitrogens with one attached hydrogen (secondary N) is 1. The third-order valence-electron chi connectivity index (χ3n) is 6.47. The van der Waals surface area contributed by atoms with Gasteiger partial charge in [-0.1, -0.05) is 19.1 Å². The van der Waals surface area contributed by atoms with Crippen LogP contribution < -0.4 is 15.0 Å². The van der Waals surface area contributed by atoms with Crippen LogP contribution in [0.3, 0.4) is 0 Å². The van der Waals surface area contributed by atoms with E-state index in [9.17, 15) is 9.90 Å². The molecule has 2 aromatic carbocycles. The third kappa shape index (κ3) is 5.74. The van der Waals surface area contributed by atoms with E-state index in [1.54, 1.807) is 25.3 Å². The van der Waals surface area contributed by atoms with Crippen molar-refractivity contribution >= 4 is 17.4 Å². The Labute approximate surface area is 207 Å². The second kappa shape index (κ2) is 10.8. The number of carbonyl (C=O) groups is 1. The van der Waals surface area contributed by atoms with Crippen LogP contribution in [0.25, 0.3) is 22.4 Å². The summed E-state index contributed by atoms with van der Waals surface area (Å²) in [6.07, 6.45) is 2.29. The van der Waals surface area contributed by atoms with Crippen LogP contribution in [-0.2, 0) is 4.79 Å². The van der Waals surface area contributed by atoms with Crippen molar-refractivity contribution in [2.45, 2.75) is 32.2 Å². The maximum Gasteiger partial charge on any atom is 0.224 e. The number of benzene rings is 2. The summed E-state index contributed by atoms with van der Waals surface area (Å²) in [4.78, 5) is 21.7. The zero-order valence-corrected chi connectivity index (χ0v) is 20.9. The number of phenolic OH excluding ortho intramolecular Hbond substituents is 1. The summed E-state index contributed by atoms with van der Waals surface area (Å²) in [5.74, 6) is 1.71. The zero-order chi connectivity index (χ0) is 24.9. The molecule has 1 aromatic heterocycles. The average molecular weight is 475 g/mol. The molecule has 0 spiro atoms. The van der Waals surface area contributed by atoms with Crippen molar-refractivity contribution in [2.75, 3.05) is 44.5 Å². The summed E-state index contributed by atoms with van der Waals surface area (Å²) in [6, 6.07) is 17.6. The number of nitrogens with zero attached hydrogens (tertiary/aromatic N) is 3. The van der Waals surface area contributed by atoms with Gasteiger partial charge in [0.2, 0.25) is 5.91 Å². The molecule has 0 saturated carbocycles. The first kappa shape index (κ1) is 24.5. The maximum atomic E-state index is 12.1. The highest BCUT2D eigenvalue weighted by molar-refractivity contribution is 5.92. The van der Waals surface area contributed by atoms with Crippen molar-refractivity contribution in [3.63, 3.8) is 0 Å². The fraction of sp³-hybridized carbons (Fsp3) is 0.357. The van der Waals surface area contributed by atoms with Crippen molar-refractivity contribution in [3.05, 3.63) is 54.6 Å². The number of anilines is 2. The summed E-state index contributed by atoms with van der Waals surface area (Å²) < 4.78 is 5.44. The number of phenols is 1. The van der Waals surface area contributed by atoms with Crippen molar-refractivity contribution < 1.29 is 14.6 Å². The van der Waals surface area contributed by atoms with Gasteiger partial charge in [-0.25, -0.2) is 4.98 Å². The van der Waals surface area contributed by atoms with Crippen molar-refractivity contribution in [1.29, 1.82) is 0 Å². The maximum absolute atomic E-state index is 12.1. The van der Waals surface area contributed by atoms with E-state index in [0.29, 0.717) is 29.4 Å². The largest absolute Gasteiger partial charge is 0.507 e. The van der Waals surface area contributed by atoms with Crippen LogP contribution in [0.5, 0.6) is 11.5 Å². The Morgan fingerprint density at radius 2 is 2.00 bits per heavy atom.